The lowest BCUT2D eigenvalue weighted by Gasteiger charge is -2.34. The number of hydrogen-bond donors (Lipinski definition) is 0. The van der Waals surface area contributed by atoms with Crippen LogP contribution in [0.3, 0.4) is 0 Å². The summed E-state index contributed by atoms with van der Waals surface area (Å²) in [5.74, 6) is -0.374. The summed E-state index contributed by atoms with van der Waals surface area (Å²) in [5.41, 5.74) is 4.32. The first-order valence-electron chi connectivity index (χ1n) is 10.0. The van der Waals surface area contributed by atoms with Gasteiger partial charge in [0.15, 0.2) is 0 Å². The maximum Gasteiger partial charge on any atom is 0.116 e. The molecule has 25 heavy (non-hydrogen) atoms. The number of halogens is 1. The summed E-state index contributed by atoms with van der Waals surface area (Å²) in [7, 11) is 0. The Kier molecular flexibility index (Phi) is 9.17. The summed E-state index contributed by atoms with van der Waals surface area (Å²) in [6.07, 6.45) is 15.5. The van der Waals surface area contributed by atoms with Crippen molar-refractivity contribution in [1.29, 1.82) is 0 Å². The molecule has 0 spiro atoms. The van der Waals surface area contributed by atoms with E-state index in [2.05, 4.69) is 40.5 Å². The molecule has 0 amide bonds. The zero-order valence-corrected chi connectivity index (χ0v) is 16.7. The molecule has 0 heterocycles. The van der Waals surface area contributed by atoms with Crippen molar-refractivity contribution in [3.63, 3.8) is 0 Å². The van der Waals surface area contributed by atoms with Crippen LogP contribution in [0.25, 0.3) is 0 Å². The van der Waals surface area contributed by atoms with Gasteiger partial charge in [-0.2, -0.15) is 0 Å². The molecule has 0 saturated heterocycles. The van der Waals surface area contributed by atoms with Crippen molar-refractivity contribution in [2.45, 2.75) is 85.0 Å². The van der Waals surface area contributed by atoms with Crippen LogP contribution < -0.4 is 0 Å². The van der Waals surface area contributed by atoms with Gasteiger partial charge in [0.1, 0.15) is 5.83 Å². The SMILES string of the molecule is C=CC1=C(C)C(=C)/C(=C\C(=C)F)C1(CCCCCC)CCCCCC. The fourth-order valence-electron chi connectivity index (χ4n) is 4.26. The van der Waals surface area contributed by atoms with Crippen molar-refractivity contribution in [2.75, 3.05) is 0 Å². The van der Waals surface area contributed by atoms with Gasteiger partial charge >= 0.3 is 0 Å². The fourth-order valence-corrected chi connectivity index (χ4v) is 4.26. The minimum absolute atomic E-state index is 0.126. The molecule has 0 atom stereocenters. The van der Waals surface area contributed by atoms with Gasteiger partial charge in [-0.3, -0.25) is 0 Å². The Bertz CT molecular complexity index is 532. The number of unbranched alkanes of at least 4 members (excludes halogenated alkanes) is 6. The second-order valence-corrected chi connectivity index (χ2v) is 7.43. The van der Waals surface area contributed by atoms with E-state index in [0.29, 0.717) is 0 Å². The van der Waals surface area contributed by atoms with E-state index in [-0.39, 0.29) is 11.2 Å². The predicted octanol–water partition coefficient (Wildman–Crippen LogP) is 8.40. The van der Waals surface area contributed by atoms with Gasteiger partial charge in [0.25, 0.3) is 0 Å². The molecule has 1 heteroatoms. The Labute approximate surface area is 155 Å². The van der Waals surface area contributed by atoms with Crippen molar-refractivity contribution in [2.24, 2.45) is 5.41 Å². The highest BCUT2D eigenvalue weighted by atomic mass is 19.1. The molecule has 0 unspecified atom stereocenters. The molecule has 0 N–H and O–H groups in total. The summed E-state index contributed by atoms with van der Waals surface area (Å²) in [6, 6.07) is 0. The summed E-state index contributed by atoms with van der Waals surface area (Å²) in [4.78, 5) is 0. The lowest BCUT2D eigenvalue weighted by atomic mass is 9.69. The van der Waals surface area contributed by atoms with Crippen LogP contribution in [0, 0.1) is 5.41 Å². The second kappa shape index (κ2) is 10.6. The normalized spacial score (nSPS) is 18.2. The topological polar surface area (TPSA) is 0 Å². The lowest BCUT2D eigenvalue weighted by Crippen LogP contribution is -2.23. The predicted molar refractivity (Wildman–Crippen MR) is 110 cm³/mol. The molecular formula is C24H37F. The Hall–Kier alpha value is -1.37. The van der Waals surface area contributed by atoms with Crippen LogP contribution in [0.5, 0.6) is 0 Å². The largest absolute Gasteiger partial charge is 0.208 e. The van der Waals surface area contributed by atoms with E-state index in [1.165, 1.54) is 49.7 Å². The molecule has 140 valence electrons. The summed E-state index contributed by atoms with van der Waals surface area (Å²) < 4.78 is 13.8. The molecule has 0 fully saturated rings. The number of allylic oxidation sites excluding steroid dienone is 7. The average Bonchev–Trinajstić information content (AvgIpc) is 2.77. The van der Waals surface area contributed by atoms with E-state index >= 15 is 0 Å². The Balaban J connectivity index is 3.21. The van der Waals surface area contributed by atoms with Crippen LogP contribution in [-0.2, 0) is 0 Å². The zero-order valence-electron chi connectivity index (χ0n) is 16.7. The second-order valence-electron chi connectivity index (χ2n) is 7.43. The third-order valence-electron chi connectivity index (χ3n) is 5.63. The average molecular weight is 345 g/mol. The molecule has 0 bridgehead atoms. The minimum atomic E-state index is -0.374. The van der Waals surface area contributed by atoms with Gasteiger partial charge < -0.3 is 0 Å². The molecule has 1 aliphatic carbocycles. The van der Waals surface area contributed by atoms with Gasteiger partial charge in [-0.05, 0) is 48.1 Å². The van der Waals surface area contributed by atoms with Gasteiger partial charge in [-0.25, -0.2) is 4.39 Å². The molecular weight excluding hydrogens is 307 g/mol. The number of hydrogen-bond acceptors (Lipinski definition) is 0. The molecule has 0 nitrogen and oxygen atoms in total. The highest BCUT2D eigenvalue weighted by Gasteiger charge is 2.43. The molecule has 0 aliphatic heterocycles. The monoisotopic (exact) mass is 344 g/mol. The Morgan fingerprint density at radius 2 is 1.52 bits per heavy atom. The molecule has 0 aromatic carbocycles. The minimum Gasteiger partial charge on any atom is -0.208 e. The van der Waals surface area contributed by atoms with Gasteiger partial charge in [0, 0.05) is 5.41 Å². The van der Waals surface area contributed by atoms with Crippen molar-refractivity contribution in [3.8, 4) is 0 Å². The van der Waals surface area contributed by atoms with Crippen LogP contribution >= 0.6 is 0 Å². The first-order valence-corrected chi connectivity index (χ1v) is 10.0. The van der Waals surface area contributed by atoms with E-state index in [0.717, 1.165) is 36.8 Å². The van der Waals surface area contributed by atoms with Crippen LogP contribution in [0.15, 0.2) is 60.0 Å². The molecule has 0 aromatic heterocycles. The first-order chi connectivity index (χ1) is 11.9. The van der Waals surface area contributed by atoms with E-state index < -0.39 is 0 Å². The molecule has 1 aliphatic rings. The maximum atomic E-state index is 13.8. The van der Waals surface area contributed by atoms with Crippen molar-refractivity contribution >= 4 is 0 Å². The van der Waals surface area contributed by atoms with Gasteiger partial charge in [0.05, 0.1) is 0 Å². The van der Waals surface area contributed by atoms with Crippen LogP contribution in [0.4, 0.5) is 4.39 Å². The smallest absolute Gasteiger partial charge is 0.116 e. The van der Waals surface area contributed by atoms with E-state index in [9.17, 15) is 4.39 Å². The number of rotatable bonds is 12. The zero-order chi connectivity index (χ0) is 18.9. The summed E-state index contributed by atoms with van der Waals surface area (Å²) in [5, 5.41) is 0. The fraction of sp³-hybridized carbons (Fsp3) is 0.583. The maximum absolute atomic E-state index is 13.8. The Morgan fingerprint density at radius 3 is 1.92 bits per heavy atom. The quantitative estimate of drug-likeness (QED) is 0.312. The third kappa shape index (κ3) is 5.30. The molecule has 0 aromatic rings. The van der Waals surface area contributed by atoms with Crippen LogP contribution in [-0.4, -0.2) is 0 Å². The molecule has 0 radical (unpaired) electrons. The third-order valence-corrected chi connectivity index (χ3v) is 5.63. The van der Waals surface area contributed by atoms with Gasteiger partial charge in [0.2, 0.25) is 0 Å². The highest BCUT2D eigenvalue weighted by molar-refractivity contribution is 5.64. The summed E-state index contributed by atoms with van der Waals surface area (Å²) >= 11 is 0. The lowest BCUT2D eigenvalue weighted by molar-refractivity contribution is 0.349. The van der Waals surface area contributed by atoms with E-state index in [4.69, 9.17) is 0 Å². The Morgan fingerprint density at radius 1 is 1.00 bits per heavy atom. The summed E-state index contributed by atoms with van der Waals surface area (Å²) in [6.45, 7) is 18.4. The van der Waals surface area contributed by atoms with E-state index in [1.807, 2.05) is 6.08 Å². The standard InChI is InChI=1S/C24H37F/c1-7-10-12-14-16-24(17-15-13-11-8-2)22(9-3)20(5)21(6)23(24)18-19(4)25/h9,18H,3-4,6-8,10-17H2,1-2,5H3/b23-18+. The van der Waals surface area contributed by atoms with Crippen molar-refractivity contribution in [3.05, 3.63) is 60.0 Å². The first kappa shape index (κ1) is 21.7. The van der Waals surface area contributed by atoms with Gasteiger partial charge in [-0.1, -0.05) is 91.0 Å². The van der Waals surface area contributed by atoms with Crippen molar-refractivity contribution in [1.82, 2.24) is 0 Å². The van der Waals surface area contributed by atoms with Gasteiger partial charge in [-0.15, -0.1) is 0 Å². The van der Waals surface area contributed by atoms with Crippen molar-refractivity contribution < 1.29 is 4.39 Å². The van der Waals surface area contributed by atoms with Crippen LogP contribution in [0.1, 0.15) is 85.0 Å². The molecule has 0 saturated carbocycles. The van der Waals surface area contributed by atoms with E-state index in [1.54, 1.807) is 6.08 Å². The highest BCUT2D eigenvalue weighted by Crippen LogP contribution is 2.56. The van der Waals surface area contributed by atoms with Crippen LogP contribution in [0.2, 0.25) is 0 Å². The molecule has 1 rings (SSSR count).